The summed E-state index contributed by atoms with van der Waals surface area (Å²) in [5, 5.41) is 13.2. The molecule has 0 spiro atoms. The molecule has 0 aliphatic rings. The molecule has 0 atom stereocenters. The predicted octanol–water partition coefficient (Wildman–Crippen LogP) is 5.70. The number of rotatable bonds is 7. The van der Waals surface area contributed by atoms with Crippen molar-refractivity contribution in [2.45, 2.75) is 81.3 Å². The first-order valence-electron chi connectivity index (χ1n) is 8.09. The molecule has 0 fully saturated rings. The van der Waals surface area contributed by atoms with Gasteiger partial charge in [-0.2, -0.15) is 0 Å². The molecule has 0 radical (unpaired) electrons. The van der Waals surface area contributed by atoms with E-state index in [1.165, 1.54) is 10.9 Å². The molecule has 6 heteroatoms. The van der Waals surface area contributed by atoms with Crippen LogP contribution in [0.4, 0.5) is 0 Å². The summed E-state index contributed by atoms with van der Waals surface area (Å²) in [6, 6.07) is 0. The van der Waals surface area contributed by atoms with Crippen LogP contribution in [0.2, 0.25) is 67.4 Å². The van der Waals surface area contributed by atoms with Gasteiger partial charge in [-0.15, -0.1) is 0 Å². The second-order valence-electron chi connectivity index (χ2n) is 9.43. The number of hydrogen-bond donors (Lipinski definition) is 1. The summed E-state index contributed by atoms with van der Waals surface area (Å²) >= 11 is 0.626. The number of nitrogens with zero attached hydrogens (tertiary/aromatic N) is 1. The van der Waals surface area contributed by atoms with Crippen LogP contribution >= 0.6 is 0 Å². The molecule has 0 aromatic heterocycles. The van der Waals surface area contributed by atoms with E-state index in [1.54, 1.807) is 6.21 Å². The Kier molecular flexibility index (Phi) is 7.64. The van der Waals surface area contributed by atoms with Crippen molar-refractivity contribution in [3.63, 3.8) is 0 Å². The Bertz CT molecular complexity index is 404. The minimum absolute atomic E-state index is 0.626. The summed E-state index contributed by atoms with van der Waals surface area (Å²) in [7, 11) is -3.85. The summed E-state index contributed by atoms with van der Waals surface area (Å²) in [5.74, 6) is 0. The first-order chi connectivity index (χ1) is 9.62. The normalized spacial score (nSPS) is 16.1. The van der Waals surface area contributed by atoms with E-state index < -0.39 is 24.2 Å². The Hall–Kier alpha value is 0.380. The van der Waals surface area contributed by atoms with E-state index in [9.17, 15) is 0 Å². The van der Waals surface area contributed by atoms with Gasteiger partial charge in [0.15, 0.2) is 0 Å². The summed E-state index contributed by atoms with van der Waals surface area (Å²) in [6.45, 7) is 27.7. The van der Waals surface area contributed by atoms with Gasteiger partial charge < -0.3 is 0 Å². The molecule has 130 valence electrons. The Labute approximate surface area is 148 Å². The van der Waals surface area contributed by atoms with E-state index in [0.29, 0.717) is 18.1 Å². The summed E-state index contributed by atoms with van der Waals surface area (Å²) in [5.41, 5.74) is 2.52. The fourth-order valence-corrected chi connectivity index (χ4v) is 43.5. The third-order valence-corrected chi connectivity index (χ3v) is 40.4. The molecule has 0 heterocycles. The Morgan fingerprint density at radius 1 is 0.909 bits per heavy atom. The Morgan fingerprint density at radius 3 is 1.55 bits per heavy atom. The summed E-state index contributed by atoms with van der Waals surface area (Å²) in [6.07, 6.45) is 1.59. The third kappa shape index (κ3) is 4.69. The molecule has 0 saturated carbocycles. The van der Waals surface area contributed by atoms with Gasteiger partial charge >= 0.3 is 148 Å². The number of oxime groups is 1. The van der Waals surface area contributed by atoms with E-state index in [0.717, 1.165) is 5.57 Å². The molecule has 2 nitrogen and oxygen atoms in total. The van der Waals surface area contributed by atoms with Crippen LogP contribution in [0.5, 0.6) is 0 Å². The van der Waals surface area contributed by atoms with Crippen molar-refractivity contribution < 1.29 is 5.21 Å². The topological polar surface area (TPSA) is 32.6 Å². The molecule has 0 amide bonds. The van der Waals surface area contributed by atoms with Crippen molar-refractivity contribution in [3.05, 3.63) is 11.1 Å². The van der Waals surface area contributed by atoms with Crippen LogP contribution < -0.4 is 0 Å². The van der Waals surface area contributed by atoms with Gasteiger partial charge in [-0.1, -0.05) is 0 Å². The Balaban J connectivity index is 5.89. The van der Waals surface area contributed by atoms with Gasteiger partial charge in [-0.25, -0.2) is 0 Å². The van der Waals surface area contributed by atoms with Crippen LogP contribution in [0.15, 0.2) is 16.3 Å². The molecule has 0 rings (SSSR count). The molecule has 0 aliphatic heterocycles. The zero-order chi connectivity index (χ0) is 18.0. The van der Waals surface area contributed by atoms with E-state index >= 15 is 0 Å². The predicted molar refractivity (Wildman–Crippen MR) is 112 cm³/mol. The van der Waals surface area contributed by atoms with Crippen LogP contribution in [0, 0.1) is 0 Å². The van der Waals surface area contributed by atoms with E-state index in [2.05, 4.69) is 77.9 Å². The average molecular weight is 423 g/mol. The van der Waals surface area contributed by atoms with Crippen molar-refractivity contribution in [3.8, 4) is 0 Å². The van der Waals surface area contributed by atoms with Crippen LogP contribution in [0.25, 0.3) is 0 Å². The van der Waals surface area contributed by atoms with Crippen molar-refractivity contribution in [2.75, 3.05) is 0 Å². The maximum absolute atomic E-state index is 8.76. The molecular weight excluding hydrogens is 385 g/mol. The van der Waals surface area contributed by atoms with E-state index in [1.807, 2.05) is 0 Å². The first kappa shape index (κ1) is 22.4. The van der Waals surface area contributed by atoms with Crippen molar-refractivity contribution >= 4 is 45.4 Å². The summed E-state index contributed by atoms with van der Waals surface area (Å²) < 4.78 is 0.665. The van der Waals surface area contributed by atoms with Crippen LogP contribution in [-0.4, -0.2) is 50.6 Å². The van der Waals surface area contributed by atoms with Gasteiger partial charge in [-0.05, 0) is 0 Å². The molecule has 0 aromatic carbocycles. The fourth-order valence-electron chi connectivity index (χ4n) is 4.55. The molecule has 0 saturated heterocycles. The standard InChI is InChI=1S/C16H37NOSeSi3/c1-14(12-17-18)15(2)13-19-16(20(3,4)5,21(6,7)8)22(9,10)11/h12,18H,13H2,1-11H3/b15-14+,17-12+. The second-order valence-corrected chi connectivity index (χ2v) is 31.6. The van der Waals surface area contributed by atoms with Crippen LogP contribution in [-0.2, 0) is 0 Å². The number of hydrogen-bond acceptors (Lipinski definition) is 2. The van der Waals surface area contributed by atoms with Crippen molar-refractivity contribution in [2.24, 2.45) is 5.16 Å². The van der Waals surface area contributed by atoms with E-state index in [-0.39, 0.29) is 0 Å². The average Bonchev–Trinajstić information content (AvgIpc) is 2.23. The second kappa shape index (κ2) is 7.51. The number of allylic oxidation sites excluding steroid dienone is 2. The molecule has 0 unspecified atom stereocenters. The SMILES string of the molecule is CC(/C=N/O)=C(/C)C[Se]C([Si](C)(C)C)([Si](C)(C)C)[Si](C)(C)C. The van der Waals surface area contributed by atoms with Crippen LogP contribution in [0.3, 0.4) is 0 Å². The van der Waals surface area contributed by atoms with Gasteiger partial charge in [0.1, 0.15) is 0 Å². The van der Waals surface area contributed by atoms with Gasteiger partial charge in [0.05, 0.1) is 0 Å². The zero-order valence-corrected chi connectivity index (χ0v) is 21.3. The van der Waals surface area contributed by atoms with E-state index in [4.69, 9.17) is 5.21 Å². The molecule has 0 aliphatic carbocycles. The zero-order valence-electron chi connectivity index (χ0n) is 16.6. The maximum atomic E-state index is 8.76. The quantitative estimate of drug-likeness (QED) is 0.243. The molecule has 0 aromatic rings. The molecular formula is C16H37NOSeSi3. The molecule has 22 heavy (non-hydrogen) atoms. The minimum atomic E-state index is -1.28. The van der Waals surface area contributed by atoms with Crippen molar-refractivity contribution in [1.29, 1.82) is 0 Å². The fraction of sp³-hybridized carbons (Fsp3) is 0.812. The summed E-state index contributed by atoms with van der Waals surface area (Å²) in [4.78, 5) is 0. The van der Waals surface area contributed by atoms with Gasteiger partial charge in [0, 0.05) is 0 Å². The Morgan fingerprint density at radius 2 is 1.27 bits per heavy atom. The van der Waals surface area contributed by atoms with Gasteiger partial charge in [-0.3, -0.25) is 0 Å². The van der Waals surface area contributed by atoms with Crippen molar-refractivity contribution in [1.82, 2.24) is 0 Å². The monoisotopic (exact) mass is 423 g/mol. The molecule has 0 bridgehead atoms. The van der Waals surface area contributed by atoms with Crippen LogP contribution in [0.1, 0.15) is 13.8 Å². The third-order valence-electron chi connectivity index (χ3n) is 4.60. The van der Waals surface area contributed by atoms with Gasteiger partial charge in [0.25, 0.3) is 0 Å². The van der Waals surface area contributed by atoms with Gasteiger partial charge in [0.2, 0.25) is 0 Å². The first-order valence-corrected chi connectivity index (χ1v) is 20.7. The molecule has 1 N–H and O–H groups in total.